The van der Waals surface area contributed by atoms with Crippen LogP contribution >= 0.6 is 0 Å². The number of nitrogens with one attached hydrogen (secondary N) is 2. The summed E-state index contributed by atoms with van der Waals surface area (Å²) in [5.74, 6) is -0.712. The monoisotopic (exact) mass is 395 g/mol. The molecule has 1 aromatic heterocycles. The van der Waals surface area contributed by atoms with E-state index in [0.717, 1.165) is 49.3 Å². The first-order chi connectivity index (χ1) is 14.2. The minimum absolute atomic E-state index is 0.0724. The van der Waals surface area contributed by atoms with E-state index < -0.39 is 0 Å². The van der Waals surface area contributed by atoms with Crippen LogP contribution in [-0.2, 0) is 9.53 Å². The van der Waals surface area contributed by atoms with Crippen molar-refractivity contribution < 1.29 is 13.9 Å². The normalized spacial score (nSPS) is 16.0. The zero-order chi connectivity index (χ0) is 20.1. The summed E-state index contributed by atoms with van der Waals surface area (Å²) < 4.78 is 20.0. The highest BCUT2D eigenvalue weighted by Crippen LogP contribution is 2.34. The average Bonchev–Trinajstić information content (AvgIpc) is 3.17. The van der Waals surface area contributed by atoms with Crippen molar-refractivity contribution in [2.45, 2.75) is 12.3 Å². The van der Waals surface area contributed by atoms with Gasteiger partial charge in [-0.15, -0.1) is 0 Å². The summed E-state index contributed by atoms with van der Waals surface area (Å²) in [6, 6.07) is 14.6. The van der Waals surface area contributed by atoms with Crippen LogP contribution in [0.4, 0.5) is 4.39 Å². The zero-order valence-electron chi connectivity index (χ0n) is 16.4. The number of H-pyrrole nitrogens is 1. The van der Waals surface area contributed by atoms with Crippen molar-refractivity contribution in [2.24, 2.45) is 0 Å². The molecule has 3 aromatic rings. The minimum Gasteiger partial charge on any atom is -0.379 e. The lowest BCUT2D eigenvalue weighted by Gasteiger charge is -2.26. The predicted octanol–water partition coefficient (Wildman–Crippen LogP) is 3.28. The van der Waals surface area contributed by atoms with Crippen molar-refractivity contribution in [1.29, 1.82) is 0 Å². The quantitative estimate of drug-likeness (QED) is 0.646. The van der Waals surface area contributed by atoms with Crippen molar-refractivity contribution in [3.8, 4) is 0 Å². The standard InChI is InChI=1S/C23H26FN3O2/c24-21-7-3-1-5-17(21)19(20-16-26-22-8-4-2-6-18(20)22)15-23(28)25-9-10-27-11-13-29-14-12-27/h1-8,16,19,26H,9-15H2,(H,25,28)/t19-/m1/s1. The first-order valence-corrected chi connectivity index (χ1v) is 10.1. The number of hydrogen-bond donors (Lipinski definition) is 2. The Bertz CT molecular complexity index is 965. The van der Waals surface area contributed by atoms with Gasteiger partial charge in [0.15, 0.2) is 0 Å². The number of nitrogens with zero attached hydrogens (tertiary/aromatic N) is 1. The fraction of sp³-hybridized carbons (Fsp3) is 0.348. The van der Waals surface area contributed by atoms with E-state index in [0.29, 0.717) is 12.1 Å². The van der Waals surface area contributed by atoms with Gasteiger partial charge in [0.25, 0.3) is 0 Å². The second-order valence-electron chi connectivity index (χ2n) is 7.37. The van der Waals surface area contributed by atoms with E-state index in [4.69, 9.17) is 4.74 Å². The number of amides is 1. The van der Waals surface area contributed by atoms with E-state index in [1.165, 1.54) is 6.07 Å². The van der Waals surface area contributed by atoms with Crippen molar-refractivity contribution in [1.82, 2.24) is 15.2 Å². The number of hydrogen-bond acceptors (Lipinski definition) is 3. The number of carbonyl (C=O) groups is 1. The van der Waals surface area contributed by atoms with Crippen molar-refractivity contribution >= 4 is 16.8 Å². The lowest BCUT2D eigenvalue weighted by molar-refractivity contribution is -0.121. The number of aromatic nitrogens is 1. The summed E-state index contributed by atoms with van der Waals surface area (Å²) >= 11 is 0. The van der Waals surface area contributed by atoms with Crippen molar-refractivity contribution in [3.63, 3.8) is 0 Å². The Labute approximate surface area is 169 Å². The molecule has 0 bridgehead atoms. The molecule has 1 aliphatic heterocycles. The summed E-state index contributed by atoms with van der Waals surface area (Å²) in [5, 5.41) is 4.02. The van der Waals surface area contributed by atoms with E-state index >= 15 is 0 Å². The number of carbonyl (C=O) groups excluding carboxylic acids is 1. The lowest BCUT2D eigenvalue weighted by atomic mass is 9.87. The Hall–Kier alpha value is -2.70. The minimum atomic E-state index is -0.351. The van der Waals surface area contributed by atoms with Crippen LogP contribution in [0.2, 0.25) is 0 Å². The molecule has 1 amide bonds. The molecule has 29 heavy (non-hydrogen) atoms. The highest BCUT2D eigenvalue weighted by atomic mass is 19.1. The maximum Gasteiger partial charge on any atom is 0.220 e. The molecule has 2 N–H and O–H groups in total. The van der Waals surface area contributed by atoms with Crippen LogP contribution in [0.1, 0.15) is 23.5 Å². The maximum absolute atomic E-state index is 14.6. The Kier molecular flexibility index (Phi) is 6.22. The highest BCUT2D eigenvalue weighted by molar-refractivity contribution is 5.86. The molecule has 1 fully saturated rings. The van der Waals surface area contributed by atoms with Crippen LogP contribution in [0, 0.1) is 5.82 Å². The summed E-state index contributed by atoms with van der Waals surface area (Å²) in [5.41, 5.74) is 2.46. The summed E-state index contributed by atoms with van der Waals surface area (Å²) in [6.07, 6.45) is 2.09. The maximum atomic E-state index is 14.6. The number of ether oxygens (including phenoxy) is 1. The van der Waals surface area contributed by atoms with Gasteiger partial charge >= 0.3 is 0 Å². The fourth-order valence-corrected chi connectivity index (χ4v) is 3.96. The second-order valence-corrected chi connectivity index (χ2v) is 7.37. The molecule has 5 nitrogen and oxygen atoms in total. The van der Waals surface area contributed by atoms with Gasteiger partial charge < -0.3 is 15.0 Å². The summed E-state index contributed by atoms with van der Waals surface area (Å²) in [6.45, 7) is 4.64. The van der Waals surface area contributed by atoms with Gasteiger partial charge in [0.1, 0.15) is 5.82 Å². The highest BCUT2D eigenvalue weighted by Gasteiger charge is 2.24. The molecule has 0 unspecified atom stereocenters. The lowest BCUT2D eigenvalue weighted by Crippen LogP contribution is -2.41. The third kappa shape index (κ3) is 4.66. The number of aromatic amines is 1. The van der Waals surface area contributed by atoms with E-state index in [1.54, 1.807) is 12.1 Å². The number of benzene rings is 2. The summed E-state index contributed by atoms with van der Waals surface area (Å²) in [4.78, 5) is 18.2. The number of morpholine rings is 1. The molecular weight excluding hydrogens is 369 g/mol. The molecule has 0 spiro atoms. The molecule has 2 aromatic carbocycles. The van der Waals surface area contributed by atoms with Crippen molar-refractivity contribution in [3.05, 3.63) is 71.7 Å². The van der Waals surface area contributed by atoms with E-state index in [9.17, 15) is 9.18 Å². The Morgan fingerprint density at radius 2 is 1.86 bits per heavy atom. The Morgan fingerprint density at radius 1 is 1.10 bits per heavy atom. The van der Waals surface area contributed by atoms with Gasteiger partial charge in [-0.05, 0) is 23.3 Å². The SMILES string of the molecule is O=C(C[C@H](c1ccccc1F)c1c[nH]c2ccccc12)NCCN1CCOCC1. The van der Waals surface area contributed by atoms with Crippen LogP contribution in [0.15, 0.2) is 54.7 Å². The van der Waals surface area contributed by atoms with Crippen LogP contribution in [0.5, 0.6) is 0 Å². The van der Waals surface area contributed by atoms with Crippen molar-refractivity contribution in [2.75, 3.05) is 39.4 Å². The van der Waals surface area contributed by atoms with Gasteiger partial charge in [0.2, 0.25) is 5.91 Å². The van der Waals surface area contributed by atoms with Gasteiger partial charge in [0, 0.05) is 55.6 Å². The molecular formula is C23H26FN3O2. The molecule has 1 atom stereocenters. The van der Waals surface area contributed by atoms with Crippen LogP contribution in [0.25, 0.3) is 10.9 Å². The van der Waals surface area contributed by atoms with Crippen LogP contribution in [-0.4, -0.2) is 55.2 Å². The molecule has 0 aliphatic carbocycles. The topological polar surface area (TPSA) is 57.4 Å². The van der Waals surface area contributed by atoms with Gasteiger partial charge in [-0.1, -0.05) is 36.4 Å². The first-order valence-electron chi connectivity index (χ1n) is 10.1. The number of rotatable bonds is 7. The average molecular weight is 395 g/mol. The molecule has 152 valence electrons. The van der Waals surface area contributed by atoms with Gasteiger partial charge in [0.05, 0.1) is 13.2 Å². The molecule has 6 heteroatoms. The summed E-state index contributed by atoms with van der Waals surface area (Å²) in [7, 11) is 0. The molecule has 0 radical (unpaired) electrons. The largest absolute Gasteiger partial charge is 0.379 e. The fourth-order valence-electron chi connectivity index (χ4n) is 3.96. The van der Waals surface area contributed by atoms with Gasteiger partial charge in [-0.25, -0.2) is 4.39 Å². The molecule has 1 aliphatic rings. The van der Waals surface area contributed by atoms with Crippen LogP contribution < -0.4 is 5.32 Å². The second kappa shape index (κ2) is 9.20. The predicted molar refractivity (Wildman–Crippen MR) is 111 cm³/mol. The van der Waals surface area contributed by atoms with E-state index in [1.807, 2.05) is 36.5 Å². The molecule has 2 heterocycles. The molecule has 1 saturated heterocycles. The number of fused-ring (bicyclic) bond motifs is 1. The Balaban J connectivity index is 1.50. The number of para-hydroxylation sites is 1. The smallest absolute Gasteiger partial charge is 0.220 e. The first kappa shape index (κ1) is 19.6. The third-order valence-corrected chi connectivity index (χ3v) is 5.52. The molecule has 4 rings (SSSR count). The van der Waals surface area contributed by atoms with E-state index in [2.05, 4.69) is 15.2 Å². The van der Waals surface area contributed by atoms with Gasteiger partial charge in [-0.3, -0.25) is 9.69 Å². The van der Waals surface area contributed by atoms with Crippen LogP contribution in [0.3, 0.4) is 0 Å². The number of halogens is 1. The van der Waals surface area contributed by atoms with E-state index in [-0.39, 0.29) is 24.1 Å². The zero-order valence-corrected chi connectivity index (χ0v) is 16.4. The Morgan fingerprint density at radius 3 is 2.69 bits per heavy atom. The van der Waals surface area contributed by atoms with Gasteiger partial charge in [-0.2, -0.15) is 0 Å². The third-order valence-electron chi connectivity index (χ3n) is 5.52. The molecule has 0 saturated carbocycles.